The van der Waals surface area contributed by atoms with Crippen LogP contribution in [0.3, 0.4) is 0 Å². The van der Waals surface area contributed by atoms with Crippen molar-refractivity contribution in [2.24, 2.45) is 0 Å². The number of aromatic nitrogens is 3. The third-order valence-electron chi connectivity index (χ3n) is 1.88. The second-order valence-electron chi connectivity index (χ2n) is 3.11. The highest BCUT2D eigenvalue weighted by molar-refractivity contribution is 14.1. The molecule has 0 aliphatic rings. The van der Waals surface area contributed by atoms with Gasteiger partial charge in [0.05, 0.1) is 11.4 Å². The standard InChI is InChI=1S/C10H9IN4OS/c11-7-3-1-2-4-8(7)14-9(16)5-17-10-12-6-13-15-10/h1-4,6H,5H2,(H,14,16)(H,12,13,15). The Balaban J connectivity index is 1.87. The largest absolute Gasteiger partial charge is 0.324 e. The number of para-hydroxylation sites is 1. The van der Waals surface area contributed by atoms with Crippen LogP contribution in [-0.4, -0.2) is 26.8 Å². The molecule has 7 heteroatoms. The molecule has 0 bridgehead atoms. The Morgan fingerprint density at radius 1 is 1.47 bits per heavy atom. The first-order valence-corrected chi connectivity index (χ1v) is 6.84. The summed E-state index contributed by atoms with van der Waals surface area (Å²) in [4.78, 5) is 15.6. The van der Waals surface area contributed by atoms with Gasteiger partial charge in [0, 0.05) is 3.57 Å². The summed E-state index contributed by atoms with van der Waals surface area (Å²) in [7, 11) is 0. The first-order chi connectivity index (χ1) is 8.25. The molecule has 1 amide bonds. The Morgan fingerprint density at radius 3 is 3.00 bits per heavy atom. The topological polar surface area (TPSA) is 70.7 Å². The van der Waals surface area contributed by atoms with Gasteiger partial charge in [0.2, 0.25) is 5.91 Å². The Kier molecular flexibility index (Phi) is 4.37. The smallest absolute Gasteiger partial charge is 0.234 e. The Labute approximate surface area is 116 Å². The third-order valence-corrected chi connectivity index (χ3v) is 3.70. The van der Waals surface area contributed by atoms with E-state index in [-0.39, 0.29) is 5.91 Å². The molecular weight excluding hydrogens is 351 g/mol. The number of benzene rings is 1. The van der Waals surface area contributed by atoms with E-state index < -0.39 is 0 Å². The zero-order valence-electron chi connectivity index (χ0n) is 8.68. The molecule has 88 valence electrons. The van der Waals surface area contributed by atoms with Gasteiger partial charge in [-0.05, 0) is 34.7 Å². The first-order valence-electron chi connectivity index (χ1n) is 4.78. The van der Waals surface area contributed by atoms with Crippen molar-refractivity contribution in [2.75, 3.05) is 11.1 Å². The van der Waals surface area contributed by atoms with Crippen molar-refractivity contribution in [3.63, 3.8) is 0 Å². The number of nitrogens with one attached hydrogen (secondary N) is 2. The molecule has 0 aliphatic carbocycles. The van der Waals surface area contributed by atoms with Crippen LogP contribution in [0.1, 0.15) is 0 Å². The van der Waals surface area contributed by atoms with E-state index in [0.717, 1.165) is 9.26 Å². The number of anilines is 1. The normalized spacial score (nSPS) is 10.2. The van der Waals surface area contributed by atoms with Gasteiger partial charge in [-0.3, -0.25) is 9.89 Å². The van der Waals surface area contributed by atoms with Crippen LogP contribution in [0.15, 0.2) is 35.7 Å². The van der Waals surface area contributed by atoms with Gasteiger partial charge in [-0.25, -0.2) is 4.98 Å². The molecule has 17 heavy (non-hydrogen) atoms. The summed E-state index contributed by atoms with van der Waals surface area (Å²) in [5.41, 5.74) is 0.830. The number of hydrogen-bond donors (Lipinski definition) is 2. The molecule has 5 nitrogen and oxygen atoms in total. The van der Waals surface area contributed by atoms with Gasteiger partial charge in [-0.2, -0.15) is 5.10 Å². The molecule has 0 fully saturated rings. The Morgan fingerprint density at radius 2 is 2.29 bits per heavy atom. The summed E-state index contributed by atoms with van der Waals surface area (Å²) >= 11 is 3.50. The molecule has 1 aromatic heterocycles. The highest BCUT2D eigenvalue weighted by Crippen LogP contribution is 2.18. The summed E-state index contributed by atoms with van der Waals surface area (Å²) in [6.07, 6.45) is 1.42. The van der Waals surface area contributed by atoms with Crippen LogP contribution >= 0.6 is 34.4 Å². The van der Waals surface area contributed by atoms with E-state index in [9.17, 15) is 4.79 Å². The average molecular weight is 360 g/mol. The molecule has 1 aromatic carbocycles. The minimum Gasteiger partial charge on any atom is -0.324 e. The van der Waals surface area contributed by atoms with Crippen molar-refractivity contribution in [1.29, 1.82) is 0 Å². The lowest BCUT2D eigenvalue weighted by molar-refractivity contribution is -0.113. The van der Waals surface area contributed by atoms with Crippen molar-refractivity contribution >= 4 is 45.9 Å². The molecule has 0 saturated heterocycles. The molecule has 0 aliphatic heterocycles. The summed E-state index contributed by atoms with van der Waals surface area (Å²) in [5.74, 6) is 0.246. The second kappa shape index (κ2) is 6.01. The number of rotatable bonds is 4. The van der Waals surface area contributed by atoms with Gasteiger partial charge < -0.3 is 5.32 Å². The predicted molar refractivity (Wildman–Crippen MR) is 74.9 cm³/mol. The number of aromatic amines is 1. The second-order valence-corrected chi connectivity index (χ2v) is 5.23. The number of carbonyl (C=O) groups is 1. The summed E-state index contributed by atoms with van der Waals surface area (Å²) in [6, 6.07) is 7.64. The van der Waals surface area contributed by atoms with Crippen LogP contribution in [0, 0.1) is 3.57 Å². The van der Waals surface area contributed by atoms with Crippen LogP contribution in [0.25, 0.3) is 0 Å². The van der Waals surface area contributed by atoms with Crippen LogP contribution in [0.5, 0.6) is 0 Å². The monoisotopic (exact) mass is 360 g/mol. The van der Waals surface area contributed by atoms with E-state index in [4.69, 9.17) is 0 Å². The van der Waals surface area contributed by atoms with Crippen molar-refractivity contribution in [1.82, 2.24) is 15.2 Å². The highest BCUT2D eigenvalue weighted by Gasteiger charge is 2.06. The molecular formula is C10H9IN4OS. The predicted octanol–water partition coefficient (Wildman–Crippen LogP) is 2.14. The van der Waals surface area contributed by atoms with Gasteiger partial charge in [0.25, 0.3) is 0 Å². The lowest BCUT2D eigenvalue weighted by atomic mass is 10.3. The molecule has 2 aromatic rings. The third kappa shape index (κ3) is 3.70. The molecule has 2 rings (SSSR count). The summed E-state index contributed by atoms with van der Waals surface area (Å²) < 4.78 is 1.02. The number of amides is 1. The van der Waals surface area contributed by atoms with Gasteiger partial charge in [0.15, 0.2) is 5.16 Å². The van der Waals surface area contributed by atoms with Crippen LogP contribution < -0.4 is 5.32 Å². The van der Waals surface area contributed by atoms with E-state index in [1.54, 1.807) is 0 Å². The number of carbonyl (C=O) groups excluding carboxylic acids is 1. The van der Waals surface area contributed by atoms with Crippen molar-refractivity contribution in [3.05, 3.63) is 34.2 Å². The van der Waals surface area contributed by atoms with Crippen LogP contribution in [-0.2, 0) is 4.79 Å². The number of nitrogens with zero attached hydrogens (tertiary/aromatic N) is 2. The average Bonchev–Trinajstić information content (AvgIpc) is 2.82. The zero-order valence-corrected chi connectivity index (χ0v) is 11.7. The molecule has 0 atom stereocenters. The van der Waals surface area contributed by atoms with E-state index in [2.05, 4.69) is 43.1 Å². The maximum Gasteiger partial charge on any atom is 0.234 e. The molecule has 0 unspecified atom stereocenters. The molecule has 0 radical (unpaired) electrons. The van der Waals surface area contributed by atoms with Gasteiger partial charge >= 0.3 is 0 Å². The fourth-order valence-electron chi connectivity index (χ4n) is 1.15. The molecule has 1 heterocycles. The quantitative estimate of drug-likeness (QED) is 0.648. The first kappa shape index (κ1) is 12.4. The summed E-state index contributed by atoms with van der Waals surface area (Å²) in [5, 5.41) is 9.88. The maximum atomic E-state index is 11.7. The van der Waals surface area contributed by atoms with E-state index in [1.165, 1.54) is 18.1 Å². The van der Waals surface area contributed by atoms with Gasteiger partial charge in [-0.15, -0.1) is 0 Å². The Bertz CT molecular complexity index is 503. The van der Waals surface area contributed by atoms with E-state index in [0.29, 0.717) is 10.9 Å². The minimum absolute atomic E-state index is 0.0597. The van der Waals surface area contributed by atoms with Crippen LogP contribution in [0.4, 0.5) is 5.69 Å². The molecule has 0 saturated carbocycles. The SMILES string of the molecule is O=C(CSc1ncn[nH]1)Nc1ccccc1I. The zero-order chi connectivity index (χ0) is 12.1. The van der Waals surface area contributed by atoms with Crippen molar-refractivity contribution in [3.8, 4) is 0 Å². The van der Waals surface area contributed by atoms with Gasteiger partial charge in [0.1, 0.15) is 6.33 Å². The maximum absolute atomic E-state index is 11.7. The minimum atomic E-state index is -0.0597. The number of thioether (sulfide) groups is 1. The lowest BCUT2D eigenvalue weighted by Gasteiger charge is -2.05. The van der Waals surface area contributed by atoms with Crippen molar-refractivity contribution < 1.29 is 4.79 Å². The van der Waals surface area contributed by atoms with E-state index >= 15 is 0 Å². The number of halogens is 1. The van der Waals surface area contributed by atoms with Gasteiger partial charge in [-0.1, -0.05) is 23.9 Å². The van der Waals surface area contributed by atoms with E-state index in [1.807, 2.05) is 24.3 Å². The van der Waals surface area contributed by atoms with Crippen molar-refractivity contribution in [2.45, 2.75) is 5.16 Å². The number of H-pyrrole nitrogens is 1. The fraction of sp³-hybridized carbons (Fsp3) is 0.100. The fourth-order valence-corrected chi connectivity index (χ4v) is 2.25. The molecule has 2 N–H and O–H groups in total. The van der Waals surface area contributed by atoms with Crippen LogP contribution in [0.2, 0.25) is 0 Å². The lowest BCUT2D eigenvalue weighted by Crippen LogP contribution is -2.14. The Hall–Kier alpha value is -1.09. The number of hydrogen-bond acceptors (Lipinski definition) is 4. The summed E-state index contributed by atoms with van der Waals surface area (Å²) in [6.45, 7) is 0. The highest BCUT2D eigenvalue weighted by atomic mass is 127. The molecule has 0 spiro atoms.